The Hall–Kier alpha value is -6.28. The molecule has 0 atom stereocenters. The minimum Gasteiger partial charge on any atom is -0.201 e. The molecule has 0 fully saturated rings. The van der Waals surface area contributed by atoms with Crippen LogP contribution in [0.4, 0.5) is 61.5 Å². The van der Waals surface area contributed by atoms with Crippen molar-refractivity contribution >= 4 is 11.1 Å². The molecule has 2 heterocycles. The third kappa shape index (κ3) is 4.99. The summed E-state index contributed by atoms with van der Waals surface area (Å²) in [6, 6.07) is 2.18. The lowest BCUT2D eigenvalue weighted by molar-refractivity contribution is -0.143. The van der Waals surface area contributed by atoms with Crippen LogP contribution in [-0.2, 0) is 25.2 Å². The van der Waals surface area contributed by atoms with Gasteiger partial charge in [0, 0.05) is 12.0 Å². The third-order valence-corrected chi connectivity index (χ3v) is 7.59. The highest BCUT2D eigenvalue weighted by Gasteiger charge is 2.50. The normalized spacial score (nSPS) is 13.8. The summed E-state index contributed by atoms with van der Waals surface area (Å²) in [5, 5.41) is 15.2. The van der Waals surface area contributed by atoms with Gasteiger partial charge in [-0.2, -0.15) is 74.1 Å². The molecule has 0 bridgehead atoms. The van der Waals surface area contributed by atoms with Crippen molar-refractivity contribution in [2.45, 2.75) is 25.2 Å². The molecular formula is C30H4F14N6. The number of hydrogen-bond acceptors (Lipinski definition) is 4. The summed E-state index contributed by atoms with van der Waals surface area (Å²) in [6.45, 7) is 14.4. The molecule has 50 heavy (non-hydrogen) atoms. The van der Waals surface area contributed by atoms with Crippen molar-refractivity contribution in [1.29, 1.82) is 10.5 Å². The highest BCUT2D eigenvalue weighted by Crippen LogP contribution is 2.46. The molecule has 2 aromatic heterocycles. The maximum atomic E-state index is 15.2. The van der Waals surface area contributed by atoms with E-state index in [1.54, 1.807) is 0 Å². The standard InChI is InChI=1S/C30H4F14N6/c1-47-28(48-2)11-4-10-15(13(11)17-22(33)26(37)50-27(38)23(17)34)18(29(39,40)41)9-3-8(7(5-45)6-46)12(14(9)19(10)30(42,43)44)16-20(31)24(35)49-25(36)21(16)32/h3-4H2. The third-order valence-electron chi connectivity index (χ3n) is 7.59. The SMILES string of the molecule is [C-]#[N+]C([N+]#[C-])=C1Cc2c(C(F)(F)F)c3c(c(C(F)(F)F)c2=C1c1c(F)c(F)nc(F)c1F)CC(=C(C#N)C#N)C=3c1c(F)c(F)nc(F)c1F. The van der Waals surface area contributed by atoms with E-state index >= 15 is 43.9 Å². The van der Waals surface area contributed by atoms with Crippen LogP contribution >= 0.6 is 0 Å². The van der Waals surface area contributed by atoms with Crippen LogP contribution in [0.1, 0.15) is 33.4 Å². The lowest BCUT2D eigenvalue weighted by Crippen LogP contribution is -2.36. The molecule has 0 saturated carbocycles. The number of rotatable bonds is 2. The van der Waals surface area contributed by atoms with Crippen molar-refractivity contribution in [2.24, 2.45) is 0 Å². The van der Waals surface area contributed by atoms with Crippen molar-refractivity contribution < 1.29 is 61.5 Å². The number of pyridine rings is 2. The van der Waals surface area contributed by atoms with Crippen molar-refractivity contribution in [3.63, 3.8) is 0 Å². The summed E-state index contributed by atoms with van der Waals surface area (Å²) in [4.78, 5) is 9.76. The maximum Gasteiger partial charge on any atom is 0.523 e. The Morgan fingerprint density at radius 1 is 0.580 bits per heavy atom. The Balaban J connectivity index is 2.32. The van der Waals surface area contributed by atoms with E-state index in [4.69, 9.17) is 13.1 Å². The van der Waals surface area contributed by atoms with Gasteiger partial charge in [0.1, 0.15) is 30.9 Å². The molecule has 0 saturated heterocycles. The van der Waals surface area contributed by atoms with Crippen LogP contribution in [-0.4, -0.2) is 9.97 Å². The van der Waals surface area contributed by atoms with Crippen LogP contribution in [0.5, 0.6) is 0 Å². The molecule has 0 aliphatic heterocycles. The van der Waals surface area contributed by atoms with E-state index in [1.807, 2.05) is 0 Å². The number of benzene rings is 1. The number of nitrogens with zero attached hydrogens (tertiary/aromatic N) is 6. The predicted octanol–water partition coefficient (Wildman–Crippen LogP) is 6.53. The van der Waals surface area contributed by atoms with Gasteiger partial charge in [-0.3, -0.25) is 0 Å². The first-order chi connectivity index (χ1) is 23.3. The van der Waals surface area contributed by atoms with Gasteiger partial charge < -0.3 is 0 Å². The van der Waals surface area contributed by atoms with Gasteiger partial charge in [0.2, 0.25) is 0 Å². The van der Waals surface area contributed by atoms with Crippen molar-refractivity contribution in [3.8, 4) is 12.1 Å². The predicted molar refractivity (Wildman–Crippen MR) is 135 cm³/mol. The zero-order valence-electron chi connectivity index (χ0n) is 23.4. The highest BCUT2D eigenvalue weighted by atomic mass is 19.4. The molecule has 0 N–H and O–H groups in total. The van der Waals surface area contributed by atoms with Crippen molar-refractivity contribution in [1.82, 2.24) is 9.97 Å². The Morgan fingerprint density at radius 2 is 0.900 bits per heavy atom. The number of fused-ring (bicyclic) bond motifs is 2. The minimum atomic E-state index is -6.02. The van der Waals surface area contributed by atoms with Gasteiger partial charge in [0.05, 0.1) is 27.8 Å². The second-order valence-corrected chi connectivity index (χ2v) is 10.1. The Morgan fingerprint density at radius 3 is 1.20 bits per heavy atom. The molecule has 252 valence electrons. The zero-order valence-corrected chi connectivity index (χ0v) is 23.4. The smallest absolute Gasteiger partial charge is 0.201 e. The zero-order chi connectivity index (χ0) is 37.4. The maximum absolute atomic E-state index is 15.2. The highest BCUT2D eigenvalue weighted by molar-refractivity contribution is 5.91. The minimum absolute atomic E-state index is 1.09. The molecule has 0 radical (unpaired) electrons. The van der Waals surface area contributed by atoms with Crippen molar-refractivity contribution in [3.05, 3.63) is 136 Å². The molecule has 0 unspecified atom stereocenters. The fraction of sp³-hybridized carbons (Fsp3) is 0.133. The molecule has 0 amide bonds. The lowest BCUT2D eigenvalue weighted by Gasteiger charge is -2.20. The first-order valence-corrected chi connectivity index (χ1v) is 12.8. The summed E-state index contributed by atoms with van der Waals surface area (Å²) in [7, 11) is 0. The quantitative estimate of drug-likeness (QED) is 0.131. The van der Waals surface area contributed by atoms with Gasteiger partial charge in [-0.15, -0.1) is 0 Å². The van der Waals surface area contributed by atoms with Crippen molar-refractivity contribution in [2.75, 3.05) is 0 Å². The average molecular weight is 714 g/mol. The van der Waals surface area contributed by atoms with Crippen LogP contribution in [0.2, 0.25) is 0 Å². The second kappa shape index (κ2) is 11.7. The van der Waals surface area contributed by atoms with E-state index in [0.29, 0.717) is 0 Å². The largest absolute Gasteiger partial charge is 0.523 e. The Kier molecular flexibility index (Phi) is 8.20. The van der Waals surface area contributed by atoms with Crippen LogP contribution in [0.25, 0.3) is 20.8 Å². The molecule has 2 aliphatic rings. The van der Waals surface area contributed by atoms with Crippen LogP contribution in [0.15, 0.2) is 22.5 Å². The van der Waals surface area contributed by atoms with Gasteiger partial charge in [0.15, 0.2) is 23.3 Å². The molecule has 2 aliphatic carbocycles. The number of halogens is 14. The van der Waals surface area contributed by atoms with E-state index in [1.165, 1.54) is 0 Å². The topological polar surface area (TPSA) is 82.1 Å². The van der Waals surface area contributed by atoms with Gasteiger partial charge >= 0.3 is 18.2 Å². The van der Waals surface area contributed by atoms with Crippen LogP contribution < -0.4 is 10.4 Å². The Labute approximate surface area is 267 Å². The Bertz CT molecular complexity index is 2220. The summed E-state index contributed by atoms with van der Waals surface area (Å²) >= 11 is 0. The van der Waals surface area contributed by atoms with E-state index in [0.717, 1.165) is 12.1 Å². The van der Waals surface area contributed by atoms with E-state index < -0.39 is 150 Å². The molecule has 5 rings (SSSR count). The van der Waals surface area contributed by atoms with Gasteiger partial charge in [-0.25, -0.2) is 17.6 Å². The fourth-order valence-corrected chi connectivity index (χ4v) is 5.91. The van der Waals surface area contributed by atoms with E-state index in [-0.39, 0.29) is 0 Å². The monoisotopic (exact) mass is 714 g/mol. The summed E-state index contributed by atoms with van der Waals surface area (Å²) in [5.74, 6) is -21.8. The number of nitriles is 2. The number of aromatic nitrogens is 2. The van der Waals surface area contributed by atoms with Crippen LogP contribution in [0.3, 0.4) is 0 Å². The first kappa shape index (κ1) is 35.0. The number of hydrogen-bond donors (Lipinski definition) is 0. The van der Waals surface area contributed by atoms with Gasteiger partial charge in [-0.1, -0.05) is 0 Å². The summed E-state index contributed by atoms with van der Waals surface area (Å²) in [5.41, 5.74) is -20.1. The fourth-order valence-electron chi connectivity index (χ4n) is 5.91. The van der Waals surface area contributed by atoms with E-state index in [9.17, 15) is 28.1 Å². The second-order valence-electron chi connectivity index (χ2n) is 10.1. The molecule has 3 aromatic rings. The molecular weight excluding hydrogens is 710 g/mol. The molecule has 0 spiro atoms. The number of allylic oxidation sites excluding steroid dienone is 3. The summed E-state index contributed by atoms with van der Waals surface area (Å²) in [6.07, 6.45) is -15.4. The summed E-state index contributed by atoms with van der Waals surface area (Å²) < 4.78 is 209. The number of alkyl halides is 6. The molecule has 20 heteroatoms. The molecule has 1 aromatic carbocycles. The average Bonchev–Trinajstić information content (AvgIpc) is 3.57. The van der Waals surface area contributed by atoms with E-state index in [2.05, 4.69) is 19.7 Å². The first-order valence-electron chi connectivity index (χ1n) is 12.8. The molecule has 6 nitrogen and oxygen atoms in total. The lowest BCUT2D eigenvalue weighted by atomic mass is 9.90. The van der Waals surface area contributed by atoms with Gasteiger partial charge in [0.25, 0.3) is 23.8 Å². The van der Waals surface area contributed by atoms with Gasteiger partial charge in [-0.05, 0) is 39.1 Å². The van der Waals surface area contributed by atoms with Crippen LogP contribution in [0, 0.1) is 82.9 Å².